The van der Waals surface area contributed by atoms with E-state index in [1.165, 1.54) is 7.05 Å². The maximum Gasteiger partial charge on any atom is 0.410 e. The lowest BCUT2D eigenvalue weighted by molar-refractivity contribution is -0.314. The molecule has 0 unspecified atom stereocenters. The molecule has 0 fully saturated rings. The second-order valence-corrected chi connectivity index (χ2v) is 8.61. The van der Waals surface area contributed by atoms with Crippen LogP contribution in [0.1, 0.15) is 44.7 Å². The molecule has 1 amide bonds. The van der Waals surface area contributed by atoms with Crippen LogP contribution in [-0.4, -0.2) is 48.4 Å². The van der Waals surface area contributed by atoms with Crippen molar-refractivity contribution in [3.05, 3.63) is 59.7 Å². The molecule has 3 rings (SSSR count). The van der Waals surface area contributed by atoms with Crippen LogP contribution in [0.25, 0.3) is 11.1 Å². The number of carboxylic acids is 1. The molecule has 2 aromatic carbocycles. The molecular weight excluding hydrogens is 382 g/mol. The molecule has 0 bridgehead atoms. The molecule has 1 aliphatic rings. The van der Waals surface area contributed by atoms with Gasteiger partial charge in [-0.1, -0.05) is 48.5 Å². The third-order valence-corrected chi connectivity index (χ3v) is 5.27. The Balaban J connectivity index is 1.74. The smallest absolute Gasteiger partial charge is 0.410 e. The van der Waals surface area contributed by atoms with Gasteiger partial charge in [0.2, 0.25) is 0 Å². The Morgan fingerprint density at radius 3 is 2.00 bits per heavy atom. The first kappa shape index (κ1) is 21.8. The van der Waals surface area contributed by atoms with Gasteiger partial charge >= 0.3 is 6.09 Å². The highest BCUT2D eigenvalue weighted by Gasteiger charge is 2.33. The summed E-state index contributed by atoms with van der Waals surface area (Å²) in [6.07, 6.45) is -1.49. The van der Waals surface area contributed by atoms with Crippen molar-refractivity contribution in [2.75, 3.05) is 13.7 Å². The van der Waals surface area contributed by atoms with Crippen molar-refractivity contribution in [2.24, 2.45) is 0 Å². The SMILES string of the molecule is C[C@@H](OC(C)(C)C)[C@@H](C(=O)[O-])N(C)C(=O)OCC1c2ccccc2-c2ccccc21. The Labute approximate surface area is 177 Å². The van der Waals surface area contributed by atoms with E-state index in [1.54, 1.807) is 6.92 Å². The molecule has 2 atom stereocenters. The molecule has 6 nitrogen and oxygen atoms in total. The van der Waals surface area contributed by atoms with Crippen molar-refractivity contribution in [3.63, 3.8) is 0 Å². The van der Waals surface area contributed by atoms with Gasteiger partial charge in [-0.15, -0.1) is 0 Å². The monoisotopic (exact) mass is 410 g/mol. The quantitative estimate of drug-likeness (QED) is 0.731. The van der Waals surface area contributed by atoms with Crippen molar-refractivity contribution in [1.82, 2.24) is 4.90 Å². The van der Waals surface area contributed by atoms with E-state index in [-0.39, 0.29) is 12.5 Å². The Morgan fingerprint density at radius 1 is 1.03 bits per heavy atom. The lowest BCUT2D eigenvalue weighted by Crippen LogP contribution is -2.56. The molecule has 30 heavy (non-hydrogen) atoms. The van der Waals surface area contributed by atoms with Crippen LogP contribution < -0.4 is 5.11 Å². The fraction of sp³-hybridized carbons (Fsp3) is 0.417. The van der Waals surface area contributed by atoms with Crippen LogP contribution in [0.4, 0.5) is 4.79 Å². The molecule has 6 heteroatoms. The van der Waals surface area contributed by atoms with Crippen LogP contribution >= 0.6 is 0 Å². The maximum atomic E-state index is 12.7. The van der Waals surface area contributed by atoms with Gasteiger partial charge in [0.25, 0.3) is 0 Å². The predicted molar refractivity (Wildman–Crippen MR) is 112 cm³/mol. The van der Waals surface area contributed by atoms with Gasteiger partial charge in [-0.2, -0.15) is 0 Å². The summed E-state index contributed by atoms with van der Waals surface area (Å²) in [6.45, 7) is 7.19. The Morgan fingerprint density at radius 2 is 1.53 bits per heavy atom. The normalized spacial score (nSPS) is 15.1. The van der Waals surface area contributed by atoms with E-state index >= 15 is 0 Å². The topological polar surface area (TPSA) is 78.9 Å². The number of hydrogen-bond donors (Lipinski definition) is 0. The molecule has 0 saturated heterocycles. The highest BCUT2D eigenvalue weighted by atomic mass is 16.6. The zero-order valence-electron chi connectivity index (χ0n) is 18.0. The summed E-state index contributed by atoms with van der Waals surface area (Å²) in [6, 6.07) is 14.8. The van der Waals surface area contributed by atoms with Gasteiger partial charge < -0.3 is 24.3 Å². The van der Waals surface area contributed by atoms with Crippen molar-refractivity contribution in [3.8, 4) is 11.1 Å². The summed E-state index contributed by atoms with van der Waals surface area (Å²) in [7, 11) is 1.39. The number of hydrogen-bond acceptors (Lipinski definition) is 5. The number of carbonyl (C=O) groups excluding carboxylic acids is 2. The highest BCUT2D eigenvalue weighted by molar-refractivity contribution is 5.80. The van der Waals surface area contributed by atoms with Crippen LogP contribution in [0.5, 0.6) is 0 Å². The van der Waals surface area contributed by atoms with E-state index in [2.05, 4.69) is 12.1 Å². The van der Waals surface area contributed by atoms with E-state index in [1.807, 2.05) is 57.2 Å². The van der Waals surface area contributed by atoms with Crippen LogP contribution in [0.15, 0.2) is 48.5 Å². The van der Waals surface area contributed by atoms with Crippen LogP contribution in [0, 0.1) is 0 Å². The predicted octanol–water partition coefficient (Wildman–Crippen LogP) is 3.19. The first-order chi connectivity index (χ1) is 14.1. The van der Waals surface area contributed by atoms with Crippen molar-refractivity contribution >= 4 is 12.1 Å². The van der Waals surface area contributed by atoms with E-state index in [4.69, 9.17) is 9.47 Å². The molecule has 0 saturated carbocycles. The zero-order valence-corrected chi connectivity index (χ0v) is 18.0. The van der Waals surface area contributed by atoms with Crippen molar-refractivity contribution in [1.29, 1.82) is 0 Å². The first-order valence-electron chi connectivity index (χ1n) is 10.1. The lowest BCUT2D eigenvalue weighted by Gasteiger charge is -2.36. The molecule has 1 aliphatic carbocycles. The minimum absolute atomic E-state index is 0.0978. The minimum atomic E-state index is -1.39. The summed E-state index contributed by atoms with van der Waals surface area (Å²) in [5, 5.41) is 11.7. The summed E-state index contributed by atoms with van der Waals surface area (Å²) in [4.78, 5) is 25.5. The number of benzene rings is 2. The standard InChI is InChI=1S/C24H29NO5/c1-15(30-24(2,3)4)21(22(26)27)25(5)23(28)29-14-20-18-12-8-6-10-16(18)17-11-7-9-13-19(17)20/h6-13,15,20-21H,14H2,1-5H3,(H,26,27)/p-1/t15-,21+/m1/s1. The molecule has 0 aliphatic heterocycles. The second kappa shape index (κ2) is 8.48. The van der Waals surface area contributed by atoms with Crippen LogP contribution in [0.3, 0.4) is 0 Å². The Bertz CT molecular complexity index is 888. The van der Waals surface area contributed by atoms with Gasteiger partial charge in [-0.3, -0.25) is 0 Å². The average Bonchev–Trinajstić information content (AvgIpc) is 2.98. The molecule has 0 N–H and O–H groups in total. The largest absolute Gasteiger partial charge is 0.548 e. The number of ether oxygens (including phenoxy) is 2. The number of amides is 1. The number of aliphatic carboxylic acids is 1. The van der Waals surface area contributed by atoms with Crippen molar-refractivity contribution < 1.29 is 24.2 Å². The Hall–Kier alpha value is -2.86. The molecule has 0 radical (unpaired) electrons. The summed E-state index contributed by atoms with van der Waals surface area (Å²) in [5.74, 6) is -1.48. The molecule has 160 valence electrons. The number of carbonyl (C=O) groups is 2. The van der Waals surface area contributed by atoms with E-state index in [0.717, 1.165) is 27.2 Å². The van der Waals surface area contributed by atoms with Gasteiger partial charge in [-0.25, -0.2) is 4.79 Å². The minimum Gasteiger partial charge on any atom is -0.548 e. The van der Waals surface area contributed by atoms with Gasteiger partial charge in [-0.05, 0) is 49.9 Å². The fourth-order valence-corrected chi connectivity index (χ4v) is 4.10. The van der Waals surface area contributed by atoms with Crippen LogP contribution in [0.2, 0.25) is 0 Å². The number of carboxylic acid groups (broad SMARTS) is 1. The zero-order chi connectivity index (χ0) is 22.1. The van der Waals surface area contributed by atoms with E-state index in [9.17, 15) is 14.7 Å². The Kier molecular flexibility index (Phi) is 6.17. The first-order valence-corrected chi connectivity index (χ1v) is 10.1. The highest BCUT2D eigenvalue weighted by Crippen LogP contribution is 2.44. The fourth-order valence-electron chi connectivity index (χ4n) is 4.10. The van der Waals surface area contributed by atoms with E-state index in [0.29, 0.717) is 0 Å². The van der Waals surface area contributed by atoms with Gasteiger partial charge in [0.1, 0.15) is 12.6 Å². The molecule has 0 heterocycles. The van der Waals surface area contributed by atoms with Gasteiger partial charge in [0.05, 0.1) is 17.7 Å². The summed E-state index contributed by atoms with van der Waals surface area (Å²) < 4.78 is 11.3. The molecular formula is C24H28NO5-. The molecule has 0 spiro atoms. The lowest BCUT2D eigenvalue weighted by atomic mass is 9.98. The summed E-state index contributed by atoms with van der Waals surface area (Å²) in [5.41, 5.74) is 3.88. The number of rotatable bonds is 6. The van der Waals surface area contributed by atoms with Gasteiger partial charge in [0.15, 0.2) is 0 Å². The van der Waals surface area contributed by atoms with Crippen molar-refractivity contribution in [2.45, 2.75) is 51.4 Å². The summed E-state index contributed by atoms with van der Waals surface area (Å²) >= 11 is 0. The van der Waals surface area contributed by atoms with E-state index < -0.39 is 29.8 Å². The molecule has 2 aromatic rings. The van der Waals surface area contributed by atoms with Gasteiger partial charge in [0, 0.05) is 13.0 Å². The maximum absolute atomic E-state index is 12.7. The third-order valence-electron chi connectivity index (χ3n) is 5.27. The number of likely N-dealkylation sites (N-methyl/N-ethyl adjacent to an activating group) is 1. The molecule has 0 aromatic heterocycles. The number of fused-ring (bicyclic) bond motifs is 3. The third kappa shape index (κ3) is 4.49. The average molecular weight is 410 g/mol. The second-order valence-electron chi connectivity index (χ2n) is 8.61. The number of nitrogens with zero attached hydrogens (tertiary/aromatic N) is 1. The van der Waals surface area contributed by atoms with Crippen LogP contribution in [-0.2, 0) is 14.3 Å².